The second-order valence-corrected chi connectivity index (χ2v) is 11.1. The molecule has 1 N–H and O–H groups in total. The molecule has 0 amide bonds. The van der Waals surface area contributed by atoms with Crippen LogP contribution in [0.5, 0.6) is 0 Å². The van der Waals surface area contributed by atoms with E-state index in [0.29, 0.717) is 17.2 Å². The summed E-state index contributed by atoms with van der Waals surface area (Å²) in [5, 5.41) is 0. The maximum absolute atomic E-state index is 13.0. The zero-order valence-electron chi connectivity index (χ0n) is 18.2. The van der Waals surface area contributed by atoms with E-state index < -0.39 is 10.0 Å². The minimum Gasteiger partial charge on any atom is -0.371 e. The van der Waals surface area contributed by atoms with Gasteiger partial charge in [-0.2, -0.15) is 0 Å². The van der Waals surface area contributed by atoms with Crippen molar-refractivity contribution >= 4 is 37.3 Å². The Morgan fingerprint density at radius 3 is 2.61 bits per heavy atom. The van der Waals surface area contributed by atoms with Gasteiger partial charge >= 0.3 is 4.87 Å². The lowest BCUT2D eigenvalue weighted by Crippen LogP contribution is -2.34. The van der Waals surface area contributed by atoms with Crippen molar-refractivity contribution in [2.24, 2.45) is 5.92 Å². The number of hydrogen-bond donors (Lipinski definition) is 1. The predicted octanol–water partition coefficient (Wildman–Crippen LogP) is 4.36. The number of hydrogen-bond acceptors (Lipinski definition) is 5. The lowest BCUT2D eigenvalue weighted by atomic mass is 9.99. The number of rotatable bonds is 6. The average molecular weight is 460 g/mol. The van der Waals surface area contributed by atoms with Crippen LogP contribution in [0.2, 0.25) is 0 Å². The lowest BCUT2D eigenvalue weighted by molar-refractivity contribution is 0.447. The Labute approximate surface area is 187 Å². The van der Waals surface area contributed by atoms with Crippen molar-refractivity contribution < 1.29 is 8.42 Å². The number of nitrogens with zero attached hydrogens (tertiary/aromatic N) is 2. The zero-order chi connectivity index (χ0) is 22.2. The maximum Gasteiger partial charge on any atom is 0.308 e. The first-order valence-corrected chi connectivity index (χ1v) is 13.1. The van der Waals surface area contributed by atoms with Gasteiger partial charge in [-0.1, -0.05) is 30.4 Å². The lowest BCUT2D eigenvalue weighted by Gasteiger charge is -2.33. The second kappa shape index (κ2) is 8.76. The molecule has 2 unspecified atom stereocenters. The Kier molecular flexibility index (Phi) is 6.23. The van der Waals surface area contributed by atoms with Crippen LogP contribution in [0.1, 0.15) is 45.2 Å². The fourth-order valence-electron chi connectivity index (χ4n) is 4.28. The Hall–Kier alpha value is -2.16. The number of sulfonamides is 1. The highest BCUT2D eigenvalue weighted by molar-refractivity contribution is 7.89. The van der Waals surface area contributed by atoms with Gasteiger partial charge in [0.05, 0.1) is 15.1 Å². The summed E-state index contributed by atoms with van der Waals surface area (Å²) >= 11 is 1.07. The van der Waals surface area contributed by atoms with E-state index in [9.17, 15) is 13.2 Å². The molecule has 1 saturated heterocycles. The third-order valence-electron chi connectivity index (χ3n) is 6.01. The number of aromatic nitrogens is 1. The Morgan fingerprint density at radius 2 is 1.94 bits per heavy atom. The Balaban J connectivity index is 1.51. The summed E-state index contributed by atoms with van der Waals surface area (Å²) in [7, 11) is -3.71. The van der Waals surface area contributed by atoms with Gasteiger partial charge in [0.15, 0.2) is 0 Å². The van der Waals surface area contributed by atoms with Gasteiger partial charge < -0.3 is 4.90 Å². The topological polar surface area (TPSA) is 71.4 Å². The monoisotopic (exact) mass is 459 g/mol. The molecule has 6 nitrogen and oxygen atoms in total. The predicted molar refractivity (Wildman–Crippen MR) is 128 cm³/mol. The first-order chi connectivity index (χ1) is 14.8. The van der Waals surface area contributed by atoms with E-state index in [1.54, 1.807) is 22.8 Å². The van der Waals surface area contributed by atoms with E-state index in [0.717, 1.165) is 35.5 Å². The molecule has 8 heteroatoms. The number of aryl methyl sites for hydroxylation is 1. The van der Waals surface area contributed by atoms with Crippen LogP contribution in [-0.2, 0) is 16.6 Å². The van der Waals surface area contributed by atoms with E-state index in [-0.39, 0.29) is 15.8 Å². The van der Waals surface area contributed by atoms with Gasteiger partial charge in [0.25, 0.3) is 0 Å². The van der Waals surface area contributed by atoms with Crippen LogP contribution in [0, 0.1) is 5.92 Å². The van der Waals surface area contributed by atoms with Crippen molar-refractivity contribution in [2.45, 2.75) is 51.1 Å². The van der Waals surface area contributed by atoms with E-state index >= 15 is 0 Å². The normalized spacial score (nSPS) is 18.4. The summed E-state index contributed by atoms with van der Waals surface area (Å²) in [5.74, 6) is 0.698. The molecule has 1 aliphatic rings. The third-order valence-corrected chi connectivity index (χ3v) is 8.49. The number of anilines is 1. The second-order valence-electron chi connectivity index (χ2n) is 8.37. The van der Waals surface area contributed by atoms with Crippen molar-refractivity contribution in [2.75, 3.05) is 18.0 Å². The summed E-state index contributed by atoms with van der Waals surface area (Å²) in [6.45, 7) is 8.73. The molecule has 31 heavy (non-hydrogen) atoms. The van der Waals surface area contributed by atoms with Gasteiger partial charge in [0.2, 0.25) is 10.0 Å². The molecule has 4 rings (SSSR count). The van der Waals surface area contributed by atoms with Crippen LogP contribution >= 0.6 is 11.3 Å². The average Bonchev–Trinajstić information content (AvgIpc) is 3.07. The highest BCUT2D eigenvalue weighted by atomic mass is 32.2. The Bertz CT molecular complexity index is 1230. The van der Waals surface area contributed by atoms with Gasteiger partial charge in [0, 0.05) is 31.4 Å². The van der Waals surface area contributed by atoms with E-state index in [4.69, 9.17) is 0 Å². The summed E-state index contributed by atoms with van der Waals surface area (Å²) in [4.78, 5) is 14.6. The molecule has 2 aromatic carbocycles. The fraction of sp³-hybridized carbons (Fsp3) is 0.435. The van der Waals surface area contributed by atoms with E-state index in [1.807, 2.05) is 26.0 Å². The van der Waals surface area contributed by atoms with Crippen LogP contribution in [0.15, 0.2) is 52.2 Å². The molecule has 0 saturated carbocycles. The van der Waals surface area contributed by atoms with Crippen molar-refractivity contribution in [3.63, 3.8) is 0 Å². The van der Waals surface area contributed by atoms with Crippen LogP contribution in [-0.4, -0.2) is 26.1 Å². The molecule has 3 aromatic rings. The van der Waals surface area contributed by atoms with Gasteiger partial charge in [-0.3, -0.25) is 9.36 Å². The zero-order valence-corrected chi connectivity index (χ0v) is 19.8. The SMILES string of the molecule is CCn1c(=O)sc2cc(S(=O)(=O)NC(C)c3ccc(N4CCCC(C)C4)cc3)ccc21. The number of benzene rings is 2. The van der Waals surface area contributed by atoms with Crippen molar-refractivity contribution in [3.8, 4) is 0 Å². The molecule has 1 aromatic heterocycles. The summed E-state index contributed by atoms with van der Waals surface area (Å²) in [5.41, 5.74) is 2.87. The van der Waals surface area contributed by atoms with E-state index in [2.05, 4.69) is 28.7 Å². The highest BCUT2D eigenvalue weighted by Gasteiger charge is 2.21. The van der Waals surface area contributed by atoms with Crippen molar-refractivity contribution in [3.05, 3.63) is 57.7 Å². The largest absolute Gasteiger partial charge is 0.371 e. The smallest absolute Gasteiger partial charge is 0.308 e. The molecular weight excluding hydrogens is 430 g/mol. The van der Waals surface area contributed by atoms with Gasteiger partial charge in [-0.25, -0.2) is 13.1 Å². The first kappa shape index (κ1) is 22.0. The third kappa shape index (κ3) is 4.56. The summed E-state index contributed by atoms with van der Waals surface area (Å²) in [6, 6.07) is 12.7. The quantitative estimate of drug-likeness (QED) is 0.595. The maximum atomic E-state index is 13.0. The summed E-state index contributed by atoms with van der Waals surface area (Å²) in [6.07, 6.45) is 2.49. The minimum atomic E-state index is -3.71. The summed E-state index contributed by atoms with van der Waals surface area (Å²) < 4.78 is 31.0. The van der Waals surface area contributed by atoms with Gasteiger partial charge in [0.1, 0.15) is 0 Å². The van der Waals surface area contributed by atoms with Gasteiger partial charge in [-0.15, -0.1) is 0 Å². The minimum absolute atomic E-state index is 0.0726. The van der Waals surface area contributed by atoms with Gasteiger partial charge in [-0.05, 0) is 68.5 Å². The number of nitrogens with one attached hydrogen (secondary N) is 1. The molecule has 0 spiro atoms. The fourth-order valence-corrected chi connectivity index (χ4v) is 6.61. The highest BCUT2D eigenvalue weighted by Crippen LogP contribution is 2.26. The molecule has 1 aliphatic heterocycles. The van der Waals surface area contributed by atoms with Crippen LogP contribution in [0.3, 0.4) is 0 Å². The van der Waals surface area contributed by atoms with Crippen LogP contribution in [0.4, 0.5) is 5.69 Å². The van der Waals surface area contributed by atoms with Crippen molar-refractivity contribution in [1.82, 2.24) is 9.29 Å². The number of thiazole rings is 1. The Morgan fingerprint density at radius 1 is 1.19 bits per heavy atom. The molecule has 0 bridgehead atoms. The molecule has 2 heterocycles. The van der Waals surface area contributed by atoms with Crippen molar-refractivity contribution in [1.29, 1.82) is 0 Å². The van der Waals surface area contributed by atoms with E-state index in [1.165, 1.54) is 18.5 Å². The molecule has 0 radical (unpaired) electrons. The number of fused-ring (bicyclic) bond motifs is 1. The first-order valence-electron chi connectivity index (χ1n) is 10.8. The standard InChI is InChI=1S/C23H29N3O3S2/c1-4-26-21-12-11-20(14-22(21)30-23(26)27)31(28,29)24-17(3)18-7-9-19(10-8-18)25-13-5-6-16(2)15-25/h7-12,14,16-17,24H,4-6,13,15H2,1-3H3. The molecule has 0 aliphatic carbocycles. The number of piperidine rings is 1. The van der Waals surface area contributed by atoms with Crippen LogP contribution < -0.4 is 14.5 Å². The van der Waals surface area contributed by atoms with Crippen LogP contribution in [0.25, 0.3) is 10.2 Å². The molecule has 1 fully saturated rings. The molecule has 166 valence electrons. The molecule has 2 atom stereocenters. The molecular formula is C23H29N3O3S2.